The molecule has 6 heteroatoms. The van der Waals surface area contributed by atoms with Gasteiger partial charge in [0.25, 0.3) is 5.91 Å². The van der Waals surface area contributed by atoms with Crippen molar-refractivity contribution < 1.29 is 4.79 Å². The largest absolute Gasteiger partial charge is 0.283 e. The van der Waals surface area contributed by atoms with Gasteiger partial charge >= 0.3 is 0 Å². The molecule has 0 unspecified atom stereocenters. The lowest BCUT2D eigenvalue weighted by atomic mass is 10.1. The van der Waals surface area contributed by atoms with Gasteiger partial charge in [0.2, 0.25) is 5.17 Å². The van der Waals surface area contributed by atoms with E-state index in [1.807, 2.05) is 31.2 Å². The number of nitrogens with one attached hydrogen (secondary N) is 1. The highest BCUT2D eigenvalue weighted by atomic mass is 32.2. The Bertz CT molecular complexity index is 746. The van der Waals surface area contributed by atoms with Crippen LogP contribution in [0.15, 0.2) is 39.9 Å². The third-order valence-electron chi connectivity index (χ3n) is 3.63. The van der Waals surface area contributed by atoms with Gasteiger partial charge in [-0.25, -0.2) is 0 Å². The molecule has 0 bridgehead atoms. The zero-order valence-corrected chi connectivity index (χ0v) is 14.0. The van der Waals surface area contributed by atoms with Crippen molar-refractivity contribution in [1.82, 2.24) is 5.01 Å². The maximum atomic E-state index is 12.3. The molecule has 1 aromatic rings. The molecule has 0 aliphatic carbocycles. The number of nitrogens with zero attached hydrogens (tertiary/aromatic N) is 3. The number of hydrogen-bond donors (Lipinski definition) is 1. The lowest BCUT2D eigenvalue weighted by Crippen LogP contribution is -2.35. The predicted octanol–water partition coefficient (Wildman–Crippen LogP) is 3.80. The maximum absolute atomic E-state index is 12.3. The quantitative estimate of drug-likeness (QED) is 0.856. The molecular weight excluding hydrogens is 308 g/mol. The number of unbranched alkanes of at least 4 members (excludes halogenated alkanes) is 1. The summed E-state index contributed by atoms with van der Waals surface area (Å²) in [6, 6.07) is 7.81. The Morgan fingerprint density at radius 3 is 2.74 bits per heavy atom. The van der Waals surface area contributed by atoms with Gasteiger partial charge in [0.1, 0.15) is 5.04 Å². The summed E-state index contributed by atoms with van der Waals surface area (Å²) in [6.45, 7) is 4.13. The fourth-order valence-corrected chi connectivity index (χ4v) is 3.22. The Morgan fingerprint density at radius 2 is 2.04 bits per heavy atom. The molecule has 0 fully saturated rings. The van der Waals surface area contributed by atoms with Crippen LogP contribution in [0.4, 0.5) is 0 Å². The number of thioether (sulfide) groups is 1. The van der Waals surface area contributed by atoms with E-state index >= 15 is 0 Å². The van der Waals surface area contributed by atoms with Gasteiger partial charge in [0.05, 0.1) is 5.57 Å². The SMILES string of the molecule is CCCCC1=NN2C(=N)C(=Cc3ccc(C)cc3)C(=O)N=C2S1. The lowest BCUT2D eigenvalue weighted by molar-refractivity contribution is -0.114. The van der Waals surface area contributed by atoms with Crippen LogP contribution < -0.4 is 0 Å². The molecule has 1 N–H and O–H groups in total. The number of benzene rings is 1. The van der Waals surface area contributed by atoms with E-state index in [0.717, 1.165) is 35.4 Å². The first-order chi connectivity index (χ1) is 11.1. The summed E-state index contributed by atoms with van der Waals surface area (Å²) in [4.78, 5) is 16.3. The molecule has 1 aromatic carbocycles. The molecule has 3 rings (SSSR count). The Morgan fingerprint density at radius 1 is 1.30 bits per heavy atom. The van der Waals surface area contributed by atoms with Gasteiger partial charge in [-0.05, 0) is 43.2 Å². The molecule has 0 spiro atoms. The van der Waals surface area contributed by atoms with E-state index < -0.39 is 0 Å². The van der Waals surface area contributed by atoms with E-state index in [9.17, 15) is 4.79 Å². The van der Waals surface area contributed by atoms with Crippen LogP contribution in [-0.2, 0) is 4.79 Å². The number of hydrogen-bond acceptors (Lipinski definition) is 4. The van der Waals surface area contributed by atoms with Crippen molar-refractivity contribution in [2.24, 2.45) is 10.1 Å². The van der Waals surface area contributed by atoms with E-state index in [1.165, 1.54) is 16.8 Å². The first kappa shape index (κ1) is 15.7. The smallest absolute Gasteiger partial charge is 0.282 e. The van der Waals surface area contributed by atoms with Crippen LogP contribution in [0.3, 0.4) is 0 Å². The van der Waals surface area contributed by atoms with Crippen LogP contribution in [0, 0.1) is 12.3 Å². The minimum Gasteiger partial charge on any atom is -0.282 e. The number of amidine groups is 2. The second-order valence-corrected chi connectivity index (χ2v) is 6.57. The van der Waals surface area contributed by atoms with Gasteiger partial charge in [-0.3, -0.25) is 10.2 Å². The van der Waals surface area contributed by atoms with Crippen molar-refractivity contribution in [2.75, 3.05) is 0 Å². The summed E-state index contributed by atoms with van der Waals surface area (Å²) in [7, 11) is 0. The third kappa shape index (κ3) is 3.27. The van der Waals surface area contributed by atoms with Gasteiger partial charge in [0.15, 0.2) is 5.84 Å². The van der Waals surface area contributed by atoms with Crippen molar-refractivity contribution in [3.63, 3.8) is 0 Å². The number of carbonyl (C=O) groups is 1. The Balaban J connectivity index is 1.88. The maximum Gasteiger partial charge on any atom is 0.283 e. The average Bonchev–Trinajstić information content (AvgIpc) is 2.94. The van der Waals surface area contributed by atoms with Gasteiger partial charge in [-0.1, -0.05) is 43.2 Å². The van der Waals surface area contributed by atoms with Gasteiger partial charge < -0.3 is 0 Å². The highest BCUT2D eigenvalue weighted by Crippen LogP contribution is 2.29. The number of aryl methyl sites for hydroxylation is 1. The van der Waals surface area contributed by atoms with Crippen molar-refractivity contribution in [1.29, 1.82) is 5.41 Å². The minimum atomic E-state index is -0.374. The van der Waals surface area contributed by atoms with Crippen LogP contribution in [-0.4, -0.2) is 27.0 Å². The van der Waals surface area contributed by atoms with Crippen molar-refractivity contribution in [2.45, 2.75) is 33.1 Å². The molecule has 1 amide bonds. The number of fused-ring (bicyclic) bond motifs is 1. The highest BCUT2D eigenvalue weighted by Gasteiger charge is 2.35. The first-order valence-corrected chi connectivity index (χ1v) is 8.46. The Kier molecular flexibility index (Phi) is 4.43. The van der Waals surface area contributed by atoms with E-state index in [4.69, 9.17) is 5.41 Å². The van der Waals surface area contributed by atoms with Crippen LogP contribution in [0.25, 0.3) is 6.08 Å². The van der Waals surface area contributed by atoms with Crippen LogP contribution in [0.5, 0.6) is 0 Å². The fraction of sp³-hybridized carbons (Fsp3) is 0.294. The standard InChI is InChI=1S/C17H18N4OS/c1-3-4-5-14-20-21-15(18)13(16(22)19-17(21)23-14)10-12-8-6-11(2)7-9-12/h6-10,18H,3-5H2,1-2H3. The Hall–Kier alpha value is -2.21. The summed E-state index contributed by atoms with van der Waals surface area (Å²) in [6.07, 6.45) is 4.69. The van der Waals surface area contributed by atoms with Crippen LogP contribution in [0.1, 0.15) is 37.3 Å². The van der Waals surface area contributed by atoms with Gasteiger partial charge in [-0.2, -0.15) is 15.1 Å². The monoisotopic (exact) mass is 326 g/mol. The molecule has 0 saturated carbocycles. The Labute approximate surface area is 139 Å². The van der Waals surface area contributed by atoms with E-state index in [-0.39, 0.29) is 17.3 Å². The van der Waals surface area contributed by atoms with Crippen molar-refractivity contribution >= 4 is 39.8 Å². The average molecular weight is 326 g/mol. The number of aliphatic imine (C=N–C) groups is 1. The van der Waals surface area contributed by atoms with E-state index in [0.29, 0.717) is 5.17 Å². The summed E-state index contributed by atoms with van der Waals surface area (Å²) >= 11 is 1.39. The van der Waals surface area contributed by atoms with Crippen molar-refractivity contribution in [3.05, 3.63) is 41.0 Å². The molecular formula is C17H18N4OS. The van der Waals surface area contributed by atoms with Crippen LogP contribution >= 0.6 is 11.8 Å². The zero-order chi connectivity index (χ0) is 16.4. The molecule has 0 radical (unpaired) electrons. The van der Waals surface area contributed by atoms with Gasteiger partial charge in [-0.15, -0.1) is 0 Å². The molecule has 2 heterocycles. The van der Waals surface area contributed by atoms with Crippen LogP contribution in [0.2, 0.25) is 0 Å². The molecule has 0 aromatic heterocycles. The number of rotatable bonds is 4. The normalized spacial score (nSPS) is 19.0. The predicted molar refractivity (Wildman–Crippen MR) is 95.7 cm³/mol. The van der Waals surface area contributed by atoms with Gasteiger partial charge in [0, 0.05) is 0 Å². The topological polar surface area (TPSA) is 68.9 Å². The molecule has 23 heavy (non-hydrogen) atoms. The number of hydrazone groups is 1. The number of carbonyl (C=O) groups excluding carboxylic acids is 1. The fourth-order valence-electron chi connectivity index (χ4n) is 2.29. The molecule has 118 valence electrons. The van der Waals surface area contributed by atoms with Crippen molar-refractivity contribution in [3.8, 4) is 0 Å². The molecule has 2 aliphatic heterocycles. The third-order valence-corrected chi connectivity index (χ3v) is 4.60. The molecule has 5 nitrogen and oxygen atoms in total. The highest BCUT2D eigenvalue weighted by molar-refractivity contribution is 8.26. The first-order valence-electron chi connectivity index (χ1n) is 7.64. The lowest BCUT2D eigenvalue weighted by Gasteiger charge is -2.20. The zero-order valence-electron chi connectivity index (χ0n) is 13.2. The second-order valence-electron chi connectivity index (χ2n) is 5.53. The molecule has 0 saturated heterocycles. The number of amides is 1. The summed E-state index contributed by atoms with van der Waals surface area (Å²) in [5.74, 6) is -0.277. The minimum absolute atomic E-state index is 0.0968. The second kappa shape index (κ2) is 6.50. The summed E-state index contributed by atoms with van der Waals surface area (Å²) < 4.78 is 0. The molecule has 0 atom stereocenters. The van der Waals surface area contributed by atoms with E-state index in [2.05, 4.69) is 17.0 Å². The molecule has 2 aliphatic rings. The summed E-state index contributed by atoms with van der Waals surface area (Å²) in [5, 5.41) is 15.6. The summed E-state index contributed by atoms with van der Waals surface area (Å²) in [5.41, 5.74) is 2.31. The van der Waals surface area contributed by atoms with E-state index in [1.54, 1.807) is 6.08 Å².